The van der Waals surface area contributed by atoms with E-state index in [2.05, 4.69) is 9.68 Å². The first-order valence-corrected chi connectivity index (χ1v) is 5.04. The van der Waals surface area contributed by atoms with Crippen LogP contribution in [0.5, 0.6) is 0 Å². The summed E-state index contributed by atoms with van der Waals surface area (Å²) in [6, 6.07) is 1.66. The number of carboxylic acids is 1. The summed E-state index contributed by atoms with van der Waals surface area (Å²) in [6.45, 7) is 0. The van der Waals surface area contributed by atoms with Gasteiger partial charge in [0.05, 0.1) is 5.69 Å². The van der Waals surface area contributed by atoms with Gasteiger partial charge in [-0.15, -0.1) is 0 Å². The minimum absolute atomic E-state index is 0.309. The highest BCUT2D eigenvalue weighted by atomic mass is 19.2. The maximum atomic E-state index is 13.3. The lowest BCUT2D eigenvalue weighted by Crippen LogP contribution is -2.14. The zero-order valence-electron chi connectivity index (χ0n) is 9.49. The molecule has 0 aliphatic rings. The molecule has 0 bridgehead atoms. The Balaban J connectivity index is 2.25. The molecule has 20 heavy (non-hydrogen) atoms. The van der Waals surface area contributed by atoms with Crippen molar-refractivity contribution in [1.29, 1.82) is 0 Å². The van der Waals surface area contributed by atoms with Crippen LogP contribution in [0.4, 0.5) is 18.9 Å². The van der Waals surface area contributed by atoms with Crippen molar-refractivity contribution in [2.75, 3.05) is 5.32 Å². The smallest absolute Gasteiger partial charge is 0.374 e. The molecule has 0 saturated carbocycles. The third kappa shape index (κ3) is 2.60. The molecule has 1 aromatic heterocycles. The number of carboxylic acid groups (broad SMARTS) is 1. The van der Waals surface area contributed by atoms with E-state index in [1.165, 1.54) is 0 Å². The van der Waals surface area contributed by atoms with Gasteiger partial charge in [-0.25, -0.2) is 18.0 Å². The fourth-order valence-electron chi connectivity index (χ4n) is 1.32. The van der Waals surface area contributed by atoms with E-state index in [1.54, 1.807) is 0 Å². The molecule has 0 spiro atoms. The van der Waals surface area contributed by atoms with Crippen LogP contribution in [0.25, 0.3) is 0 Å². The quantitative estimate of drug-likeness (QED) is 0.842. The Morgan fingerprint density at radius 3 is 2.50 bits per heavy atom. The molecule has 9 heteroatoms. The number of carbonyl (C=O) groups is 2. The third-order valence-electron chi connectivity index (χ3n) is 2.19. The summed E-state index contributed by atoms with van der Waals surface area (Å²) in [5.41, 5.74) is -1.22. The first kappa shape index (κ1) is 13.6. The predicted octanol–water partition coefficient (Wildman–Crippen LogP) is 2.04. The van der Waals surface area contributed by atoms with Crippen LogP contribution in [0.1, 0.15) is 21.0 Å². The second-order valence-electron chi connectivity index (χ2n) is 3.58. The number of carbonyl (C=O) groups excluding carboxylic acids is 1. The molecule has 0 radical (unpaired) electrons. The second kappa shape index (κ2) is 5.03. The number of halogens is 3. The molecule has 1 aromatic carbocycles. The van der Waals surface area contributed by atoms with Crippen LogP contribution in [0.15, 0.2) is 22.7 Å². The van der Waals surface area contributed by atoms with Gasteiger partial charge < -0.3 is 14.9 Å². The second-order valence-corrected chi connectivity index (χ2v) is 3.58. The number of aromatic carboxylic acids is 1. The average molecular weight is 286 g/mol. The van der Waals surface area contributed by atoms with Gasteiger partial charge in [-0.1, -0.05) is 5.16 Å². The number of amides is 1. The Morgan fingerprint density at radius 1 is 1.20 bits per heavy atom. The summed E-state index contributed by atoms with van der Waals surface area (Å²) in [4.78, 5) is 22.1. The van der Waals surface area contributed by atoms with Gasteiger partial charge in [-0.3, -0.25) is 4.79 Å². The number of nitrogens with zero attached hydrogens (tertiary/aromatic N) is 1. The molecular formula is C11H5F3N2O4. The van der Waals surface area contributed by atoms with Gasteiger partial charge in [0.1, 0.15) is 5.82 Å². The standard InChI is InChI=1S/C11H5F3N2O4/c12-4-1-5(13)9(14)6(2-4)15-10(17)7-3-8(11(18)19)20-16-7/h1-3H,(H,15,17)(H,18,19). The molecule has 2 N–H and O–H groups in total. The monoisotopic (exact) mass is 286 g/mol. The van der Waals surface area contributed by atoms with Crippen molar-refractivity contribution >= 4 is 17.6 Å². The summed E-state index contributed by atoms with van der Waals surface area (Å²) >= 11 is 0. The highest BCUT2D eigenvalue weighted by Crippen LogP contribution is 2.20. The van der Waals surface area contributed by atoms with E-state index in [4.69, 9.17) is 5.11 Å². The Bertz CT molecular complexity index is 699. The molecule has 0 aliphatic carbocycles. The molecule has 1 heterocycles. The molecule has 0 fully saturated rings. The van der Waals surface area contributed by atoms with Gasteiger partial charge in [0.15, 0.2) is 17.3 Å². The highest BCUT2D eigenvalue weighted by molar-refractivity contribution is 6.03. The fourth-order valence-corrected chi connectivity index (χ4v) is 1.32. The molecule has 0 unspecified atom stereocenters. The minimum Gasteiger partial charge on any atom is -0.475 e. The van der Waals surface area contributed by atoms with Gasteiger partial charge in [0.25, 0.3) is 5.91 Å². The van der Waals surface area contributed by atoms with Crippen LogP contribution in [0.3, 0.4) is 0 Å². The first-order valence-electron chi connectivity index (χ1n) is 5.04. The summed E-state index contributed by atoms with van der Waals surface area (Å²) < 4.78 is 43.4. The van der Waals surface area contributed by atoms with E-state index in [-0.39, 0.29) is 0 Å². The lowest BCUT2D eigenvalue weighted by atomic mass is 10.2. The van der Waals surface area contributed by atoms with Crippen LogP contribution in [0.2, 0.25) is 0 Å². The van der Waals surface area contributed by atoms with Crippen molar-refractivity contribution in [3.05, 3.63) is 47.1 Å². The van der Waals surface area contributed by atoms with E-state index in [9.17, 15) is 22.8 Å². The molecule has 0 saturated heterocycles. The molecule has 104 valence electrons. The van der Waals surface area contributed by atoms with E-state index < -0.39 is 46.5 Å². The van der Waals surface area contributed by atoms with Crippen LogP contribution < -0.4 is 5.32 Å². The van der Waals surface area contributed by atoms with Gasteiger partial charge in [0.2, 0.25) is 5.76 Å². The van der Waals surface area contributed by atoms with Gasteiger partial charge in [0, 0.05) is 18.2 Å². The predicted molar refractivity (Wildman–Crippen MR) is 57.7 cm³/mol. The van der Waals surface area contributed by atoms with Gasteiger partial charge in [-0.05, 0) is 0 Å². The summed E-state index contributed by atoms with van der Waals surface area (Å²) in [6.07, 6.45) is 0. The van der Waals surface area contributed by atoms with Crippen molar-refractivity contribution in [2.24, 2.45) is 0 Å². The summed E-state index contributed by atoms with van der Waals surface area (Å²) in [7, 11) is 0. The van der Waals surface area contributed by atoms with Crippen LogP contribution in [-0.4, -0.2) is 22.1 Å². The zero-order valence-corrected chi connectivity index (χ0v) is 9.49. The number of rotatable bonds is 3. The van der Waals surface area contributed by atoms with Crippen LogP contribution in [0, 0.1) is 17.5 Å². The van der Waals surface area contributed by atoms with E-state index in [1.807, 2.05) is 5.32 Å². The average Bonchev–Trinajstić information content (AvgIpc) is 2.85. The highest BCUT2D eigenvalue weighted by Gasteiger charge is 2.19. The number of anilines is 1. The molecule has 2 aromatic rings. The Kier molecular flexibility index (Phi) is 3.42. The van der Waals surface area contributed by atoms with Crippen LogP contribution in [-0.2, 0) is 0 Å². The van der Waals surface area contributed by atoms with Crippen molar-refractivity contribution in [2.45, 2.75) is 0 Å². The topological polar surface area (TPSA) is 92.4 Å². The van der Waals surface area contributed by atoms with Crippen molar-refractivity contribution in [3.8, 4) is 0 Å². The van der Waals surface area contributed by atoms with E-state index >= 15 is 0 Å². The van der Waals surface area contributed by atoms with E-state index in [0.29, 0.717) is 12.1 Å². The number of nitrogens with one attached hydrogen (secondary N) is 1. The SMILES string of the molecule is O=C(Nc1cc(F)cc(F)c1F)c1cc(C(=O)O)on1. The minimum atomic E-state index is -1.48. The largest absolute Gasteiger partial charge is 0.475 e. The maximum absolute atomic E-state index is 13.3. The molecule has 0 atom stereocenters. The number of aromatic nitrogens is 1. The number of benzene rings is 1. The Labute approximate surface area is 108 Å². The zero-order chi connectivity index (χ0) is 14.9. The molecular weight excluding hydrogens is 281 g/mol. The molecule has 1 amide bonds. The molecule has 2 rings (SSSR count). The van der Waals surface area contributed by atoms with Gasteiger partial charge in [-0.2, -0.15) is 0 Å². The Hall–Kier alpha value is -2.84. The number of hydrogen-bond donors (Lipinski definition) is 2. The summed E-state index contributed by atoms with van der Waals surface area (Å²) in [5.74, 6) is -7.18. The molecule has 6 nitrogen and oxygen atoms in total. The van der Waals surface area contributed by atoms with Gasteiger partial charge >= 0.3 is 5.97 Å². The molecule has 0 aliphatic heterocycles. The fraction of sp³-hybridized carbons (Fsp3) is 0. The van der Waals surface area contributed by atoms with E-state index in [0.717, 1.165) is 6.07 Å². The van der Waals surface area contributed by atoms with Crippen molar-refractivity contribution in [1.82, 2.24) is 5.16 Å². The lowest BCUT2D eigenvalue weighted by molar-refractivity contribution is 0.0651. The first-order chi connectivity index (χ1) is 9.38. The number of hydrogen-bond acceptors (Lipinski definition) is 4. The van der Waals surface area contributed by atoms with Crippen molar-refractivity contribution in [3.63, 3.8) is 0 Å². The lowest BCUT2D eigenvalue weighted by Gasteiger charge is -2.05. The summed E-state index contributed by atoms with van der Waals surface area (Å²) in [5, 5.41) is 13.5. The Morgan fingerprint density at radius 2 is 1.90 bits per heavy atom. The van der Waals surface area contributed by atoms with Crippen molar-refractivity contribution < 1.29 is 32.4 Å². The van der Waals surface area contributed by atoms with Crippen LogP contribution >= 0.6 is 0 Å². The maximum Gasteiger partial charge on any atom is 0.374 e. The third-order valence-corrected chi connectivity index (χ3v) is 2.19. The normalized spacial score (nSPS) is 10.3.